The first kappa shape index (κ1) is 27.0. The van der Waals surface area contributed by atoms with Crippen LogP contribution in [0, 0.1) is 6.92 Å². The first-order chi connectivity index (χ1) is 16.5. The molecule has 3 nitrogen and oxygen atoms in total. The summed E-state index contributed by atoms with van der Waals surface area (Å²) in [6.45, 7) is 13.9. The van der Waals surface area contributed by atoms with E-state index in [0.29, 0.717) is 27.6 Å². The molecule has 3 rings (SSSR count). The van der Waals surface area contributed by atoms with Crippen LogP contribution in [0.5, 0.6) is 0 Å². The zero-order valence-electron chi connectivity index (χ0n) is 21.5. The van der Waals surface area contributed by atoms with Gasteiger partial charge in [-0.2, -0.15) is 0 Å². The van der Waals surface area contributed by atoms with Gasteiger partial charge in [-0.1, -0.05) is 100 Å². The topological polar surface area (TPSA) is 51.2 Å². The summed E-state index contributed by atoms with van der Waals surface area (Å²) >= 11 is 6.39. The first-order valence-corrected chi connectivity index (χ1v) is 13.7. The SMILES string of the molecule is Cc1cccc(Cl)c1C(=O)[P+](=O)c1c(C(C)C)cc(C(C)C)c(C(=O)c2ccccc2)c1C(C)C. The van der Waals surface area contributed by atoms with Crippen LogP contribution in [0.3, 0.4) is 0 Å². The van der Waals surface area contributed by atoms with Gasteiger partial charge >= 0.3 is 13.3 Å². The van der Waals surface area contributed by atoms with Crippen molar-refractivity contribution < 1.29 is 14.2 Å². The second kappa shape index (κ2) is 11.0. The van der Waals surface area contributed by atoms with Crippen LogP contribution in [0.2, 0.25) is 5.02 Å². The van der Waals surface area contributed by atoms with Gasteiger partial charge in [-0.3, -0.25) is 4.79 Å². The fraction of sp³-hybridized carbons (Fsp3) is 0.333. The molecule has 0 heterocycles. The van der Waals surface area contributed by atoms with Crippen LogP contribution >= 0.6 is 19.4 Å². The summed E-state index contributed by atoms with van der Waals surface area (Å²) < 4.78 is 14.1. The Bertz CT molecular complexity index is 1270. The zero-order valence-corrected chi connectivity index (χ0v) is 23.1. The van der Waals surface area contributed by atoms with Crippen LogP contribution in [0.15, 0.2) is 54.6 Å². The molecule has 5 heteroatoms. The van der Waals surface area contributed by atoms with Crippen molar-refractivity contribution in [3.63, 3.8) is 0 Å². The average molecular weight is 508 g/mol. The van der Waals surface area contributed by atoms with E-state index < -0.39 is 13.3 Å². The molecule has 0 saturated heterocycles. The Morgan fingerprint density at radius 1 is 0.771 bits per heavy atom. The number of rotatable bonds is 8. The van der Waals surface area contributed by atoms with Gasteiger partial charge in [-0.25, -0.2) is 4.79 Å². The van der Waals surface area contributed by atoms with Gasteiger partial charge in [0.05, 0.1) is 10.6 Å². The number of ketones is 1. The second-order valence-corrected chi connectivity index (χ2v) is 11.7. The van der Waals surface area contributed by atoms with Gasteiger partial charge in [0, 0.05) is 22.3 Å². The van der Waals surface area contributed by atoms with Gasteiger partial charge in [-0.15, -0.1) is 0 Å². The molecule has 0 N–H and O–H groups in total. The Kier molecular flexibility index (Phi) is 8.46. The summed E-state index contributed by atoms with van der Waals surface area (Å²) in [4.78, 5) is 27.6. The Morgan fingerprint density at radius 2 is 1.37 bits per heavy atom. The summed E-state index contributed by atoms with van der Waals surface area (Å²) in [5.41, 5.74) is 4.07. The molecule has 0 saturated carbocycles. The number of aryl methyl sites for hydroxylation is 1. The quantitative estimate of drug-likeness (QED) is 0.227. The maximum absolute atomic E-state index is 14.1. The van der Waals surface area contributed by atoms with Crippen molar-refractivity contribution in [2.24, 2.45) is 0 Å². The molecule has 0 aliphatic heterocycles. The molecular formula is C30H33ClO3P+. The molecule has 0 bridgehead atoms. The number of hydrogen-bond acceptors (Lipinski definition) is 3. The monoisotopic (exact) mass is 507 g/mol. The predicted molar refractivity (Wildman–Crippen MR) is 146 cm³/mol. The lowest BCUT2D eigenvalue weighted by Crippen LogP contribution is -2.25. The summed E-state index contributed by atoms with van der Waals surface area (Å²) in [6.07, 6.45) is 0. The standard InChI is InChI=1S/C30H33ClO3P/c1-17(2)22-16-23(18(3)4)29(35(34)30(33)26-20(7)12-11-15-24(26)31)25(19(5)6)27(22)28(32)21-13-9-8-10-14-21/h8-19H,1-7H3/q+1. The van der Waals surface area contributed by atoms with E-state index in [-0.39, 0.29) is 34.1 Å². The van der Waals surface area contributed by atoms with Crippen LogP contribution in [-0.2, 0) is 4.57 Å². The fourth-order valence-corrected chi connectivity index (χ4v) is 6.74. The maximum atomic E-state index is 14.1. The van der Waals surface area contributed by atoms with Crippen molar-refractivity contribution in [1.29, 1.82) is 0 Å². The molecular weight excluding hydrogens is 475 g/mol. The van der Waals surface area contributed by atoms with E-state index in [1.54, 1.807) is 37.3 Å². The van der Waals surface area contributed by atoms with Crippen LogP contribution < -0.4 is 5.30 Å². The van der Waals surface area contributed by atoms with E-state index in [9.17, 15) is 14.2 Å². The third-order valence-electron chi connectivity index (χ3n) is 6.31. The molecule has 0 radical (unpaired) electrons. The number of benzene rings is 3. The molecule has 0 aromatic heterocycles. The minimum atomic E-state index is -2.52. The molecule has 0 fully saturated rings. The van der Waals surface area contributed by atoms with Crippen LogP contribution in [0.25, 0.3) is 0 Å². The Labute approximate surface area is 214 Å². The lowest BCUT2D eigenvalue weighted by Gasteiger charge is -2.22. The molecule has 182 valence electrons. The number of carbonyl (C=O) groups is 2. The predicted octanol–water partition coefficient (Wildman–Crippen LogP) is 8.54. The van der Waals surface area contributed by atoms with E-state index >= 15 is 0 Å². The second-order valence-electron chi connectivity index (χ2n) is 9.88. The van der Waals surface area contributed by atoms with Crippen molar-refractivity contribution in [3.8, 4) is 0 Å². The lowest BCUT2D eigenvalue weighted by atomic mass is 9.81. The van der Waals surface area contributed by atoms with Gasteiger partial charge in [0.1, 0.15) is 0 Å². The van der Waals surface area contributed by atoms with Crippen LogP contribution in [0.4, 0.5) is 0 Å². The molecule has 0 aliphatic carbocycles. The first-order valence-electron chi connectivity index (χ1n) is 12.0. The molecule has 3 aromatic rings. The largest absolute Gasteiger partial charge is 0.459 e. The fourth-order valence-electron chi connectivity index (χ4n) is 4.51. The van der Waals surface area contributed by atoms with Gasteiger partial charge in [-0.05, 0) is 47.9 Å². The molecule has 0 aliphatic rings. The van der Waals surface area contributed by atoms with Crippen LogP contribution in [-0.4, -0.2) is 11.3 Å². The normalized spacial score (nSPS) is 11.9. The lowest BCUT2D eigenvalue weighted by molar-refractivity contribution is 0.103. The highest BCUT2D eigenvalue weighted by atomic mass is 35.5. The summed E-state index contributed by atoms with van der Waals surface area (Å²) in [5.74, 6) is -0.150. The van der Waals surface area contributed by atoms with E-state index in [0.717, 1.165) is 11.1 Å². The number of carbonyl (C=O) groups excluding carboxylic acids is 2. The van der Waals surface area contributed by atoms with Crippen molar-refractivity contribution in [2.75, 3.05) is 0 Å². The summed E-state index contributed by atoms with van der Waals surface area (Å²) in [7, 11) is -2.52. The number of hydrogen-bond donors (Lipinski definition) is 0. The van der Waals surface area contributed by atoms with E-state index in [1.165, 1.54) is 0 Å². The highest BCUT2D eigenvalue weighted by molar-refractivity contribution is 7.71. The smallest absolute Gasteiger partial charge is 0.289 e. The summed E-state index contributed by atoms with van der Waals surface area (Å²) in [5, 5.41) is 0.771. The van der Waals surface area contributed by atoms with Crippen molar-refractivity contribution in [1.82, 2.24) is 0 Å². The Hall–Kier alpha value is -2.61. The van der Waals surface area contributed by atoms with Gasteiger partial charge in [0.2, 0.25) is 5.30 Å². The minimum Gasteiger partial charge on any atom is -0.289 e. The van der Waals surface area contributed by atoms with E-state index in [1.807, 2.05) is 52.0 Å². The molecule has 1 atom stereocenters. The third kappa shape index (κ3) is 5.32. The summed E-state index contributed by atoms with van der Waals surface area (Å²) in [6, 6.07) is 16.3. The molecule has 3 aromatic carbocycles. The molecule has 0 spiro atoms. The molecule has 0 amide bonds. The Morgan fingerprint density at radius 3 is 1.89 bits per heavy atom. The van der Waals surface area contributed by atoms with Crippen molar-refractivity contribution >= 4 is 36.0 Å². The maximum Gasteiger partial charge on any atom is 0.459 e. The minimum absolute atomic E-state index is 0.0139. The number of halogens is 1. The van der Waals surface area contributed by atoms with Crippen molar-refractivity contribution in [3.05, 3.63) is 98.6 Å². The van der Waals surface area contributed by atoms with Crippen molar-refractivity contribution in [2.45, 2.75) is 66.2 Å². The zero-order chi connectivity index (χ0) is 26.0. The highest BCUT2D eigenvalue weighted by Gasteiger charge is 2.43. The average Bonchev–Trinajstić information content (AvgIpc) is 2.81. The molecule has 1 unspecified atom stereocenters. The van der Waals surface area contributed by atoms with E-state index in [2.05, 4.69) is 13.8 Å². The van der Waals surface area contributed by atoms with Gasteiger partial charge in [0.15, 0.2) is 5.78 Å². The molecule has 35 heavy (non-hydrogen) atoms. The van der Waals surface area contributed by atoms with Crippen LogP contribution in [0.1, 0.15) is 108 Å². The van der Waals surface area contributed by atoms with Gasteiger partial charge < -0.3 is 0 Å². The Balaban J connectivity index is 2.40. The van der Waals surface area contributed by atoms with Gasteiger partial charge in [0.25, 0.3) is 0 Å². The third-order valence-corrected chi connectivity index (χ3v) is 8.12. The van der Waals surface area contributed by atoms with E-state index in [4.69, 9.17) is 11.6 Å². The highest BCUT2D eigenvalue weighted by Crippen LogP contribution is 2.41.